The molecule has 3 heterocycles. The molecule has 23 nitrogen and oxygen atoms in total. The number of aliphatic hydroxyl groups is 1. The summed E-state index contributed by atoms with van der Waals surface area (Å²) in [6.07, 6.45) is -22.5. The first-order valence-corrected chi connectivity index (χ1v) is 22.3. The van der Waals surface area contributed by atoms with Crippen molar-refractivity contribution in [1.82, 2.24) is 0 Å². The summed E-state index contributed by atoms with van der Waals surface area (Å²) in [5, 5.41) is 11.2. The molecule has 71 heavy (non-hydrogen) atoms. The van der Waals surface area contributed by atoms with Crippen molar-refractivity contribution >= 4 is 47.8 Å². The third-order valence-corrected chi connectivity index (χ3v) is 10.8. The van der Waals surface area contributed by atoms with Gasteiger partial charge in [0.25, 0.3) is 0 Å². The average molecular weight is 1000 g/mol. The molecule has 1 N–H and O–H groups in total. The Kier molecular flexibility index (Phi) is 20.1. The zero-order valence-electron chi connectivity index (χ0n) is 40.2. The zero-order valence-corrected chi connectivity index (χ0v) is 40.2. The molecular weight excluding hydrogens is 945 g/mol. The van der Waals surface area contributed by atoms with E-state index in [0.717, 1.165) is 52.7 Å². The predicted octanol–water partition coefficient (Wildman–Crippen LogP) is 2.05. The van der Waals surface area contributed by atoms with E-state index in [0.29, 0.717) is 0 Å². The molecule has 2 aromatic carbocycles. The number of esters is 8. The van der Waals surface area contributed by atoms with E-state index < -0.39 is 154 Å². The maximum Gasteiger partial charge on any atom is 0.338 e. The summed E-state index contributed by atoms with van der Waals surface area (Å²) in [4.78, 5) is 103. The normalized spacial score (nSPS) is 29.3. The highest BCUT2D eigenvalue weighted by Gasteiger charge is 2.58. The van der Waals surface area contributed by atoms with Gasteiger partial charge in [0.2, 0.25) is 0 Å². The maximum atomic E-state index is 13.9. The number of ether oxygens (including phenoxy) is 14. The first kappa shape index (κ1) is 55.6. The Bertz CT molecular complexity index is 2210. The van der Waals surface area contributed by atoms with Gasteiger partial charge in [0.05, 0.1) is 24.3 Å². The van der Waals surface area contributed by atoms with Crippen molar-refractivity contribution in [3.05, 3.63) is 83.4 Å². The SMILES string of the molecule is C=CCO[C@H]1[C@@H](OC(C)=O)[C@@H](COC(C)=O)O[C@@H](O[C@H]2[C@@H](OC(C)=O)[C@@H](COC(C)=O)O[C@@H](O[C@@H]3CO[C@@H](O)[C@H](OC(=O)c4ccc(C)cc4)[C@H]3OC(=O)c3ccc(C)cc3)[C@@H]2OC(C)=O)[C@@H]1OC(C)=O. The lowest BCUT2D eigenvalue weighted by Crippen LogP contribution is -2.68. The number of hydrogen-bond acceptors (Lipinski definition) is 23. The number of benzene rings is 2. The highest BCUT2D eigenvalue weighted by atomic mass is 16.8. The molecule has 3 fully saturated rings. The minimum absolute atomic E-state index is 0.0536. The van der Waals surface area contributed by atoms with Crippen molar-refractivity contribution < 1.29 is 110 Å². The Labute approximate surface area is 408 Å². The molecule has 0 unspecified atom stereocenters. The number of hydrogen-bond donors (Lipinski definition) is 1. The number of rotatable bonds is 19. The molecule has 3 aliphatic heterocycles. The van der Waals surface area contributed by atoms with Gasteiger partial charge in [-0.25, -0.2) is 9.59 Å². The number of aryl methyl sites for hydroxylation is 2. The fraction of sp³-hybridized carbons (Fsp3) is 0.542. The Morgan fingerprint density at radius 2 is 0.944 bits per heavy atom. The van der Waals surface area contributed by atoms with Gasteiger partial charge in [-0.3, -0.25) is 28.8 Å². The molecule has 0 radical (unpaired) electrons. The van der Waals surface area contributed by atoms with E-state index in [9.17, 15) is 43.5 Å². The molecule has 0 bridgehead atoms. The molecule has 0 amide bonds. The summed E-state index contributed by atoms with van der Waals surface area (Å²) in [6, 6.07) is 12.5. The van der Waals surface area contributed by atoms with Gasteiger partial charge in [0, 0.05) is 41.5 Å². The lowest BCUT2D eigenvalue weighted by atomic mass is 9.95. The van der Waals surface area contributed by atoms with Crippen LogP contribution in [0.25, 0.3) is 0 Å². The molecule has 0 spiro atoms. The Hall–Kier alpha value is -6.34. The van der Waals surface area contributed by atoms with Gasteiger partial charge >= 0.3 is 47.8 Å². The van der Waals surface area contributed by atoms with Crippen LogP contribution in [-0.2, 0) is 95.1 Å². The van der Waals surface area contributed by atoms with Crippen molar-refractivity contribution in [2.24, 2.45) is 0 Å². The van der Waals surface area contributed by atoms with Crippen LogP contribution < -0.4 is 0 Å². The largest absolute Gasteiger partial charge is 0.463 e. The highest BCUT2D eigenvalue weighted by molar-refractivity contribution is 5.90. The van der Waals surface area contributed by atoms with Crippen molar-refractivity contribution in [3.8, 4) is 0 Å². The minimum Gasteiger partial charge on any atom is -0.463 e. The van der Waals surface area contributed by atoms with E-state index >= 15 is 0 Å². The van der Waals surface area contributed by atoms with E-state index in [4.69, 9.17) is 66.3 Å². The van der Waals surface area contributed by atoms with Crippen LogP contribution in [0.4, 0.5) is 0 Å². The van der Waals surface area contributed by atoms with Gasteiger partial charge in [-0.1, -0.05) is 41.5 Å². The molecule has 0 saturated carbocycles. The van der Waals surface area contributed by atoms with E-state index in [2.05, 4.69) is 6.58 Å². The molecule has 3 aliphatic rings. The summed E-state index contributed by atoms with van der Waals surface area (Å²) in [5.74, 6) is -7.20. The summed E-state index contributed by atoms with van der Waals surface area (Å²) in [7, 11) is 0. The van der Waals surface area contributed by atoms with Gasteiger partial charge in [-0.05, 0) is 38.1 Å². The van der Waals surface area contributed by atoms with Gasteiger partial charge in [-0.15, -0.1) is 6.58 Å². The van der Waals surface area contributed by atoms with Gasteiger partial charge < -0.3 is 71.4 Å². The summed E-state index contributed by atoms with van der Waals surface area (Å²) in [6.45, 7) is 11.5. The van der Waals surface area contributed by atoms with Gasteiger partial charge in [0.15, 0.2) is 55.5 Å². The molecule has 0 aliphatic carbocycles. The highest BCUT2D eigenvalue weighted by Crippen LogP contribution is 2.37. The smallest absolute Gasteiger partial charge is 0.338 e. The molecule has 388 valence electrons. The first-order valence-electron chi connectivity index (χ1n) is 22.3. The molecular formula is C48H58O23. The van der Waals surface area contributed by atoms with Crippen molar-refractivity contribution in [1.29, 1.82) is 0 Å². The number of carbonyl (C=O) groups excluding carboxylic acids is 8. The third-order valence-electron chi connectivity index (χ3n) is 10.8. The molecule has 3 saturated heterocycles. The van der Waals surface area contributed by atoms with E-state index in [1.54, 1.807) is 38.1 Å². The minimum atomic E-state index is -1.93. The Morgan fingerprint density at radius 1 is 0.535 bits per heavy atom. The quantitative estimate of drug-likeness (QED) is 0.120. The van der Waals surface area contributed by atoms with E-state index in [1.807, 2.05) is 0 Å². The molecule has 14 atom stereocenters. The van der Waals surface area contributed by atoms with E-state index in [1.165, 1.54) is 30.3 Å². The summed E-state index contributed by atoms with van der Waals surface area (Å²) in [5.41, 5.74) is 1.76. The van der Waals surface area contributed by atoms with Crippen LogP contribution in [-0.4, -0.2) is 165 Å². The fourth-order valence-corrected chi connectivity index (χ4v) is 7.70. The molecule has 23 heteroatoms. The predicted molar refractivity (Wildman–Crippen MR) is 235 cm³/mol. The lowest BCUT2D eigenvalue weighted by molar-refractivity contribution is -0.374. The Balaban J connectivity index is 1.63. The maximum absolute atomic E-state index is 13.9. The number of carbonyl (C=O) groups is 8. The topological polar surface area (TPSA) is 286 Å². The molecule has 5 rings (SSSR count). The van der Waals surface area contributed by atoms with Crippen LogP contribution in [0.3, 0.4) is 0 Å². The average Bonchev–Trinajstić information content (AvgIpc) is 3.29. The fourth-order valence-electron chi connectivity index (χ4n) is 7.70. The van der Waals surface area contributed by atoms with Gasteiger partial charge in [-0.2, -0.15) is 0 Å². The summed E-state index contributed by atoms with van der Waals surface area (Å²) < 4.78 is 82.3. The van der Waals surface area contributed by atoms with Crippen LogP contribution in [0.2, 0.25) is 0 Å². The van der Waals surface area contributed by atoms with Crippen LogP contribution in [0.15, 0.2) is 61.2 Å². The lowest BCUT2D eigenvalue weighted by Gasteiger charge is -2.49. The third kappa shape index (κ3) is 15.6. The van der Waals surface area contributed by atoms with E-state index in [-0.39, 0.29) is 17.7 Å². The van der Waals surface area contributed by atoms with Crippen molar-refractivity contribution in [3.63, 3.8) is 0 Å². The number of aliphatic hydroxyl groups excluding tert-OH is 1. The monoisotopic (exact) mass is 1000 g/mol. The standard InChI is InChI=1S/C48H58O23/c1-10-19-58-39-36(62-27(6)51)33(20-59-25(4)49)68-48(42(39)64-29(8)53)71-40-37(63-28(7)52)34(21-60-26(5)50)66-47(43(40)65-30(9)54)67-35-22-61-46(57)41(70-45(56)32-17-13-24(3)14-18-32)38(35)69-44(55)31-15-11-23(2)12-16-31/h10-18,33-43,46-48,57H,1,19-22H2,2-9H3/t33-,34-,35-,36+,37+,38+,39+,40+,41-,42-,43-,46-,47+,48+/m1/s1. The van der Waals surface area contributed by atoms with Crippen LogP contribution in [0.1, 0.15) is 73.4 Å². The summed E-state index contributed by atoms with van der Waals surface area (Å²) >= 11 is 0. The zero-order chi connectivity index (χ0) is 52.1. The van der Waals surface area contributed by atoms with Gasteiger partial charge in [0.1, 0.15) is 43.7 Å². The van der Waals surface area contributed by atoms with Crippen molar-refractivity contribution in [2.45, 2.75) is 141 Å². The second kappa shape index (κ2) is 25.7. The van der Waals surface area contributed by atoms with Crippen LogP contribution in [0, 0.1) is 13.8 Å². The second-order valence-corrected chi connectivity index (χ2v) is 16.5. The van der Waals surface area contributed by atoms with Crippen LogP contribution >= 0.6 is 0 Å². The molecule has 0 aromatic heterocycles. The Morgan fingerprint density at radius 3 is 1.38 bits per heavy atom. The van der Waals surface area contributed by atoms with Crippen LogP contribution in [0.5, 0.6) is 0 Å². The van der Waals surface area contributed by atoms with Crippen molar-refractivity contribution in [2.75, 3.05) is 26.4 Å². The second-order valence-electron chi connectivity index (χ2n) is 16.5. The first-order chi connectivity index (χ1) is 33.6. The molecule has 2 aromatic rings.